The third kappa shape index (κ3) is 1.73. The van der Waals surface area contributed by atoms with Gasteiger partial charge in [-0.05, 0) is 30.7 Å². The first-order valence-corrected chi connectivity index (χ1v) is 7.63. The summed E-state index contributed by atoms with van der Waals surface area (Å²) in [6, 6.07) is 6.79. The van der Waals surface area contributed by atoms with E-state index < -0.39 is 0 Å². The van der Waals surface area contributed by atoms with Gasteiger partial charge in [-0.25, -0.2) is 0 Å². The van der Waals surface area contributed by atoms with Gasteiger partial charge in [0.15, 0.2) is 0 Å². The molecule has 3 rings (SSSR count). The number of nitrogens with zero attached hydrogens (tertiary/aromatic N) is 1. The minimum atomic E-state index is 0.209. The van der Waals surface area contributed by atoms with E-state index in [9.17, 15) is 0 Å². The molecule has 1 aromatic carbocycles. The molecular formula is C18H25NO. The normalized spacial score (nSPS) is 32.9. The molecule has 20 heavy (non-hydrogen) atoms. The van der Waals surface area contributed by atoms with E-state index in [1.807, 2.05) is 0 Å². The molecule has 0 aliphatic heterocycles. The van der Waals surface area contributed by atoms with Crippen molar-refractivity contribution < 1.29 is 4.84 Å². The summed E-state index contributed by atoms with van der Waals surface area (Å²) in [7, 11) is 1.66. The second kappa shape index (κ2) is 4.34. The van der Waals surface area contributed by atoms with E-state index in [2.05, 4.69) is 51.0 Å². The Morgan fingerprint density at radius 1 is 1.20 bits per heavy atom. The average Bonchev–Trinajstić information content (AvgIpc) is 2.60. The topological polar surface area (TPSA) is 21.6 Å². The van der Waals surface area contributed by atoms with Gasteiger partial charge in [0.2, 0.25) is 0 Å². The minimum Gasteiger partial charge on any atom is -0.399 e. The first-order valence-electron chi connectivity index (χ1n) is 7.63. The highest BCUT2D eigenvalue weighted by Gasteiger charge is 2.55. The first-order chi connectivity index (χ1) is 9.40. The second-order valence-corrected chi connectivity index (χ2v) is 7.40. The van der Waals surface area contributed by atoms with Crippen LogP contribution in [-0.4, -0.2) is 12.8 Å². The first kappa shape index (κ1) is 13.7. The molecule has 1 saturated carbocycles. The van der Waals surface area contributed by atoms with Crippen LogP contribution in [-0.2, 0) is 10.3 Å². The Morgan fingerprint density at radius 2 is 1.95 bits per heavy atom. The van der Waals surface area contributed by atoms with E-state index in [4.69, 9.17) is 4.84 Å². The van der Waals surface area contributed by atoms with E-state index in [0.29, 0.717) is 5.92 Å². The Bertz CT molecular complexity index is 573. The molecule has 2 heteroatoms. The van der Waals surface area contributed by atoms with Crippen molar-refractivity contribution in [3.63, 3.8) is 0 Å². The van der Waals surface area contributed by atoms with Crippen molar-refractivity contribution in [3.8, 4) is 0 Å². The molecule has 1 aromatic rings. The summed E-state index contributed by atoms with van der Waals surface area (Å²) in [5, 5.41) is 4.44. The third-order valence-electron chi connectivity index (χ3n) is 5.47. The highest BCUT2D eigenvalue weighted by atomic mass is 16.6. The van der Waals surface area contributed by atoms with Crippen LogP contribution in [0.5, 0.6) is 0 Å². The molecule has 1 fully saturated rings. The fourth-order valence-electron chi connectivity index (χ4n) is 4.73. The number of rotatable bonds is 1. The van der Waals surface area contributed by atoms with Gasteiger partial charge < -0.3 is 4.84 Å². The molecule has 0 radical (unpaired) electrons. The Labute approximate surface area is 122 Å². The lowest BCUT2D eigenvalue weighted by molar-refractivity contribution is 0.109. The van der Waals surface area contributed by atoms with E-state index in [1.54, 1.807) is 7.11 Å². The lowest BCUT2D eigenvalue weighted by Gasteiger charge is -2.47. The summed E-state index contributed by atoms with van der Waals surface area (Å²) in [5.41, 5.74) is 5.77. The standard InChI is InChI=1S/C18H25NO/c1-12-7-8-13-14(11-12)18(4)10-6-9-17(2,3)16(18)15(13)19-20-5/h7-8,11,16H,6,9-10H2,1-5H3/t16-,18-/m0/s1. The molecule has 108 valence electrons. The molecular weight excluding hydrogens is 246 g/mol. The van der Waals surface area contributed by atoms with Crippen LogP contribution >= 0.6 is 0 Å². The summed E-state index contributed by atoms with van der Waals surface area (Å²) in [4.78, 5) is 5.19. The summed E-state index contributed by atoms with van der Waals surface area (Å²) in [6.07, 6.45) is 3.82. The average molecular weight is 271 g/mol. The van der Waals surface area contributed by atoms with E-state index >= 15 is 0 Å². The van der Waals surface area contributed by atoms with Crippen molar-refractivity contribution in [2.45, 2.75) is 52.4 Å². The largest absolute Gasteiger partial charge is 0.399 e. The van der Waals surface area contributed by atoms with Gasteiger partial charge in [-0.15, -0.1) is 0 Å². The Kier molecular flexibility index (Phi) is 2.97. The summed E-state index contributed by atoms with van der Waals surface area (Å²) in [5.74, 6) is 0.459. The smallest absolute Gasteiger partial charge is 0.106 e. The van der Waals surface area contributed by atoms with Crippen LogP contribution < -0.4 is 0 Å². The zero-order chi connectivity index (χ0) is 14.5. The van der Waals surface area contributed by atoms with Gasteiger partial charge >= 0.3 is 0 Å². The maximum atomic E-state index is 5.19. The quantitative estimate of drug-likeness (QED) is 0.692. The van der Waals surface area contributed by atoms with Gasteiger partial charge in [0.1, 0.15) is 7.11 Å². The molecule has 2 aliphatic rings. The number of fused-ring (bicyclic) bond motifs is 3. The molecule has 0 spiro atoms. The SMILES string of the molecule is CON=C1c2ccc(C)cc2[C@]2(C)CCCC(C)(C)[C@H]12. The van der Waals surface area contributed by atoms with Crippen molar-refractivity contribution in [1.29, 1.82) is 0 Å². The highest BCUT2D eigenvalue weighted by molar-refractivity contribution is 6.08. The zero-order valence-electron chi connectivity index (χ0n) is 13.3. The zero-order valence-corrected chi connectivity index (χ0v) is 13.3. The van der Waals surface area contributed by atoms with Crippen LogP contribution in [0.4, 0.5) is 0 Å². The second-order valence-electron chi connectivity index (χ2n) is 7.40. The number of hydrogen-bond acceptors (Lipinski definition) is 2. The molecule has 0 N–H and O–H groups in total. The maximum absolute atomic E-state index is 5.19. The summed E-state index contributed by atoms with van der Waals surface area (Å²) < 4.78 is 0. The fraction of sp³-hybridized carbons (Fsp3) is 0.611. The number of oxime groups is 1. The van der Waals surface area contributed by atoms with Crippen molar-refractivity contribution in [2.24, 2.45) is 16.5 Å². The van der Waals surface area contributed by atoms with E-state index in [1.165, 1.54) is 36.0 Å². The van der Waals surface area contributed by atoms with Crippen molar-refractivity contribution in [2.75, 3.05) is 7.11 Å². The lowest BCUT2D eigenvalue weighted by atomic mass is 9.56. The molecule has 0 bridgehead atoms. The van der Waals surface area contributed by atoms with Crippen LogP contribution in [0.3, 0.4) is 0 Å². The molecule has 0 aromatic heterocycles. The van der Waals surface area contributed by atoms with Crippen molar-refractivity contribution in [1.82, 2.24) is 0 Å². The van der Waals surface area contributed by atoms with Gasteiger partial charge in [-0.2, -0.15) is 0 Å². The van der Waals surface area contributed by atoms with E-state index in [-0.39, 0.29) is 10.8 Å². The minimum absolute atomic E-state index is 0.209. The molecule has 2 aliphatic carbocycles. The van der Waals surface area contributed by atoms with Gasteiger partial charge in [-0.1, -0.05) is 56.1 Å². The lowest BCUT2D eigenvalue weighted by Crippen LogP contribution is -2.44. The highest BCUT2D eigenvalue weighted by Crippen LogP contribution is 2.58. The van der Waals surface area contributed by atoms with Gasteiger partial charge in [0.25, 0.3) is 0 Å². The molecule has 0 saturated heterocycles. The summed E-state index contributed by atoms with van der Waals surface area (Å²) in [6.45, 7) is 9.38. The van der Waals surface area contributed by atoms with Crippen LogP contribution in [0.1, 0.15) is 56.7 Å². The molecule has 2 nitrogen and oxygen atoms in total. The van der Waals surface area contributed by atoms with Crippen molar-refractivity contribution >= 4 is 5.71 Å². The third-order valence-corrected chi connectivity index (χ3v) is 5.47. The number of benzene rings is 1. The van der Waals surface area contributed by atoms with Crippen molar-refractivity contribution in [3.05, 3.63) is 34.9 Å². The van der Waals surface area contributed by atoms with Crippen LogP contribution in [0.15, 0.2) is 23.4 Å². The Hall–Kier alpha value is -1.31. The van der Waals surface area contributed by atoms with Crippen LogP contribution in [0.25, 0.3) is 0 Å². The van der Waals surface area contributed by atoms with E-state index in [0.717, 1.165) is 5.71 Å². The monoisotopic (exact) mass is 271 g/mol. The fourth-order valence-corrected chi connectivity index (χ4v) is 4.73. The maximum Gasteiger partial charge on any atom is 0.106 e. The molecule has 0 amide bonds. The molecule has 0 heterocycles. The van der Waals surface area contributed by atoms with Gasteiger partial charge in [-0.3, -0.25) is 0 Å². The molecule has 0 unspecified atom stereocenters. The van der Waals surface area contributed by atoms with Crippen LogP contribution in [0, 0.1) is 18.3 Å². The predicted molar refractivity (Wildman–Crippen MR) is 83.2 cm³/mol. The number of aryl methyl sites for hydroxylation is 1. The molecule has 2 atom stereocenters. The Balaban J connectivity index is 2.26. The summed E-state index contributed by atoms with van der Waals surface area (Å²) >= 11 is 0. The number of hydrogen-bond donors (Lipinski definition) is 0. The van der Waals surface area contributed by atoms with Gasteiger partial charge in [0.05, 0.1) is 5.71 Å². The Morgan fingerprint density at radius 3 is 2.65 bits per heavy atom. The van der Waals surface area contributed by atoms with Gasteiger partial charge in [0, 0.05) is 16.9 Å². The van der Waals surface area contributed by atoms with Crippen LogP contribution in [0.2, 0.25) is 0 Å². The predicted octanol–water partition coefficient (Wildman–Crippen LogP) is 4.44.